The van der Waals surface area contributed by atoms with E-state index in [4.69, 9.17) is 4.74 Å². The third-order valence-electron chi connectivity index (χ3n) is 5.86. The van der Waals surface area contributed by atoms with Crippen molar-refractivity contribution in [3.63, 3.8) is 0 Å². The highest BCUT2D eigenvalue weighted by atomic mass is 16.5. The number of carbonyl (C=O) groups is 1. The largest absolute Gasteiger partial charge is 0.376 e. The molecule has 1 atom stereocenters. The van der Waals surface area contributed by atoms with Crippen LogP contribution in [-0.2, 0) is 11.3 Å². The Balaban J connectivity index is 1.35. The Morgan fingerprint density at radius 2 is 1.93 bits per heavy atom. The third kappa shape index (κ3) is 4.10. The summed E-state index contributed by atoms with van der Waals surface area (Å²) in [4.78, 5) is 26.0. The molecule has 0 amide bonds. The molecular formula is C21H29N5O2. The predicted molar refractivity (Wildman–Crippen MR) is 108 cm³/mol. The van der Waals surface area contributed by atoms with Gasteiger partial charge in [0.1, 0.15) is 0 Å². The zero-order chi connectivity index (χ0) is 19.5. The van der Waals surface area contributed by atoms with Gasteiger partial charge in [-0.05, 0) is 38.8 Å². The number of carbonyl (C=O) groups excluding carboxylic acids is 1. The first kappa shape index (κ1) is 19.1. The molecule has 4 rings (SSSR count). The first-order valence-corrected chi connectivity index (χ1v) is 10.2. The number of rotatable bonds is 6. The molecule has 28 heavy (non-hydrogen) atoms. The summed E-state index contributed by atoms with van der Waals surface area (Å²) in [6.07, 6.45) is 6.06. The molecule has 2 saturated heterocycles. The number of ether oxygens (including phenoxy) is 1. The third-order valence-corrected chi connectivity index (χ3v) is 5.86. The topological polar surface area (TPSA) is 63.5 Å². The normalized spacial score (nSPS) is 20.6. The number of ketones is 1. The van der Waals surface area contributed by atoms with Gasteiger partial charge in [-0.1, -0.05) is 0 Å². The Hall–Kier alpha value is -2.25. The molecule has 0 bridgehead atoms. The van der Waals surface area contributed by atoms with Crippen LogP contribution in [0, 0.1) is 13.8 Å². The van der Waals surface area contributed by atoms with Gasteiger partial charge in [-0.15, -0.1) is 0 Å². The summed E-state index contributed by atoms with van der Waals surface area (Å²) in [5, 5.41) is 0. The second kappa shape index (κ2) is 8.41. The maximum Gasteiger partial charge on any atom is 0.225 e. The molecule has 0 saturated carbocycles. The van der Waals surface area contributed by atoms with Gasteiger partial charge in [0.2, 0.25) is 5.95 Å². The second-order valence-corrected chi connectivity index (χ2v) is 7.77. The number of hydrogen-bond donors (Lipinski definition) is 0. The average molecular weight is 383 g/mol. The van der Waals surface area contributed by atoms with Gasteiger partial charge < -0.3 is 14.2 Å². The van der Waals surface area contributed by atoms with Gasteiger partial charge in [0.15, 0.2) is 5.78 Å². The predicted octanol–water partition coefficient (Wildman–Crippen LogP) is 2.08. The Morgan fingerprint density at radius 1 is 1.18 bits per heavy atom. The van der Waals surface area contributed by atoms with E-state index in [-0.39, 0.29) is 11.9 Å². The lowest BCUT2D eigenvalue weighted by molar-refractivity contribution is 0.0918. The van der Waals surface area contributed by atoms with E-state index in [1.165, 1.54) is 0 Å². The molecule has 7 nitrogen and oxygen atoms in total. The molecule has 7 heteroatoms. The maximum atomic E-state index is 13.0. The van der Waals surface area contributed by atoms with E-state index >= 15 is 0 Å². The van der Waals surface area contributed by atoms with Gasteiger partial charge in [0.25, 0.3) is 0 Å². The van der Waals surface area contributed by atoms with Crippen molar-refractivity contribution in [1.29, 1.82) is 0 Å². The van der Waals surface area contributed by atoms with Crippen LogP contribution in [0.25, 0.3) is 0 Å². The van der Waals surface area contributed by atoms with Crippen LogP contribution < -0.4 is 4.90 Å². The highest BCUT2D eigenvalue weighted by Crippen LogP contribution is 2.21. The molecule has 2 aliphatic rings. The van der Waals surface area contributed by atoms with Gasteiger partial charge in [-0.25, -0.2) is 9.97 Å². The fourth-order valence-corrected chi connectivity index (χ4v) is 4.21. The number of hydrogen-bond acceptors (Lipinski definition) is 6. The quantitative estimate of drug-likeness (QED) is 0.712. The van der Waals surface area contributed by atoms with Gasteiger partial charge in [0.05, 0.1) is 12.6 Å². The number of aromatic nitrogens is 3. The summed E-state index contributed by atoms with van der Waals surface area (Å²) in [6, 6.07) is 3.87. The minimum Gasteiger partial charge on any atom is -0.376 e. The monoisotopic (exact) mass is 383 g/mol. The van der Waals surface area contributed by atoms with Crippen LogP contribution in [0.4, 0.5) is 5.95 Å². The van der Waals surface area contributed by atoms with E-state index in [2.05, 4.69) is 38.2 Å². The molecule has 2 aromatic heterocycles. The number of anilines is 1. The molecule has 0 aliphatic carbocycles. The molecule has 2 fully saturated rings. The molecule has 2 aliphatic heterocycles. The molecule has 1 unspecified atom stereocenters. The van der Waals surface area contributed by atoms with Crippen molar-refractivity contribution in [3.8, 4) is 0 Å². The standard InChI is InChI=1S/C21H29N5O2/c1-16-13-19(17(2)26(16)14-18-5-3-12-28-18)20(27)15-24-8-10-25(11-9-24)21-22-6-4-7-23-21/h4,6-7,13,18H,3,5,8-12,14-15H2,1-2H3. The first-order chi connectivity index (χ1) is 13.6. The number of nitrogens with zero attached hydrogens (tertiary/aromatic N) is 5. The molecule has 0 radical (unpaired) electrons. The fourth-order valence-electron chi connectivity index (χ4n) is 4.21. The Kier molecular flexibility index (Phi) is 5.73. The lowest BCUT2D eigenvalue weighted by atomic mass is 10.1. The van der Waals surface area contributed by atoms with E-state index < -0.39 is 0 Å². The average Bonchev–Trinajstić information content (AvgIpc) is 3.33. The Labute approximate surface area is 166 Å². The first-order valence-electron chi connectivity index (χ1n) is 10.2. The van der Waals surface area contributed by atoms with Crippen LogP contribution in [0.15, 0.2) is 24.5 Å². The second-order valence-electron chi connectivity index (χ2n) is 7.77. The Morgan fingerprint density at radius 3 is 2.61 bits per heavy atom. The summed E-state index contributed by atoms with van der Waals surface area (Å²) >= 11 is 0. The Bertz CT molecular complexity index is 806. The molecule has 2 aromatic rings. The van der Waals surface area contributed by atoms with Crippen molar-refractivity contribution in [2.75, 3.05) is 44.2 Å². The van der Waals surface area contributed by atoms with E-state index in [0.29, 0.717) is 6.54 Å². The van der Waals surface area contributed by atoms with Gasteiger partial charge in [-0.2, -0.15) is 0 Å². The summed E-state index contributed by atoms with van der Waals surface area (Å²) in [5.41, 5.74) is 3.06. The van der Waals surface area contributed by atoms with E-state index in [1.807, 2.05) is 12.1 Å². The summed E-state index contributed by atoms with van der Waals surface area (Å²) in [6.45, 7) is 9.68. The fraction of sp³-hybridized carbons (Fsp3) is 0.571. The highest BCUT2D eigenvalue weighted by Gasteiger charge is 2.24. The zero-order valence-electron chi connectivity index (χ0n) is 16.8. The van der Waals surface area contributed by atoms with Gasteiger partial charge in [-0.3, -0.25) is 9.69 Å². The smallest absolute Gasteiger partial charge is 0.225 e. The van der Waals surface area contributed by atoms with Crippen molar-refractivity contribution in [1.82, 2.24) is 19.4 Å². The van der Waals surface area contributed by atoms with Crippen molar-refractivity contribution in [2.24, 2.45) is 0 Å². The van der Waals surface area contributed by atoms with Crippen LogP contribution in [0.1, 0.15) is 34.6 Å². The van der Waals surface area contributed by atoms with Crippen LogP contribution in [0.3, 0.4) is 0 Å². The van der Waals surface area contributed by atoms with Crippen LogP contribution in [0.2, 0.25) is 0 Å². The molecule has 0 N–H and O–H groups in total. The molecule has 0 aromatic carbocycles. The SMILES string of the molecule is Cc1cc(C(=O)CN2CCN(c3ncccn3)CC2)c(C)n1CC1CCCO1. The number of Topliss-reactive ketones (excluding diaryl/α,β-unsaturated/α-hetero) is 1. The maximum absolute atomic E-state index is 13.0. The van der Waals surface area contributed by atoms with E-state index in [9.17, 15) is 4.79 Å². The van der Waals surface area contributed by atoms with Gasteiger partial charge in [0, 0.05) is 68.7 Å². The zero-order valence-corrected chi connectivity index (χ0v) is 16.8. The highest BCUT2D eigenvalue weighted by molar-refractivity contribution is 5.99. The lowest BCUT2D eigenvalue weighted by Crippen LogP contribution is -2.48. The lowest BCUT2D eigenvalue weighted by Gasteiger charge is -2.34. The summed E-state index contributed by atoms with van der Waals surface area (Å²) in [5.74, 6) is 0.974. The molecule has 0 spiro atoms. The van der Waals surface area contributed by atoms with Crippen LogP contribution in [-0.4, -0.2) is 70.7 Å². The summed E-state index contributed by atoms with van der Waals surface area (Å²) < 4.78 is 8.02. The molecule has 4 heterocycles. The minimum atomic E-state index is 0.205. The molecular weight excluding hydrogens is 354 g/mol. The molecule has 150 valence electrons. The van der Waals surface area contributed by atoms with Crippen molar-refractivity contribution < 1.29 is 9.53 Å². The number of aryl methyl sites for hydroxylation is 1. The van der Waals surface area contributed by atoms with Crippen molar-refractivity contribution in [3.05, 3.63) is 41.5 Å². The summed E-state index contributed by atoms with van der Waals surface area (Å²) in [7, 11) is 0. The number of piperazine rings is 1. The minimum absolute atomic E-state index is 0.205. The van der Waals surface area contributed by atoms with Gasteiger partial charge >= 0.3 is 0 Å². The van der Waals surface area contributed by atoms with E-state index in [0.717, 1.165) is 75.1 Å². The van der Waals surface area contributed by atoms with E-state index in [1.54, 1.807) is 12.4 Å². The van der Waals surface area contributed by atoms with Crippen LogP contribution >= 0.6 is 0 Å². The van der Waals surface area contributed by atoms with Crippen molar-refractivity contribution >= 4 is 11.7 Å². The van der Waals surface area contributed by atoms with Crippen LogP contribution in [0.5, 0.6) is 0 Å². The van der Waals surface area contributed by atoms with Crippen molar-refractivity contribution in [2.45, 2.75) is 39.3 Å².